The number of rotatable bonds is 6. The molecule has 2 aromatic rings. The summed E-state index contributed by atoms with van der Waals surface area (Å²) in [6.07, 6.45) is 0. The molecular weight excluding hydrogens is 302 g/mol. The van der Waals surface area contributed by atoms with Gasteiger partial charge in [-0.3, -0.25) is 0 Å². The van der Waals surface area contributed by atoms with Gasteiger partial charge in [-0.25, -0.2) is 9.78 Å². The molecule has 0 radical (unpaired) electrons. The average molecular weight is 323 g/mol. The highest BCUT2D eigenvalue weighted by atomic mass is 32.1. The van der Waals surface area contributed by atoms with E-state index < -0.39 is 0 Å². The number of nitrogens with one attached hydrogen (secondary N) is 2. The number of aromatic nitrogens is 1. The summed E-state index contributed by atoms with van der Waals surface area (Å²) in [6.45, 7) is 6.03. The molecule has 0 aliphatic heterocycles. The minimum atomic E-state index is -0.330. The number of aryl methyl sites for hydroxylation is 2. The monoisotopic (exact) mass is 323 g/mol. The normalized spacial score (nSPS) is 13.6. The molecule has 2 atom stereocenters. The molecule has 0 saturated carbocycles. The van der Waals surface area contributed by atoms with Crippen molar-refractivity contribution < 1.29 is 13.9 Å². The van der Waals surface area contributed by atoms with Crippen LogP contribution >= 0.6 is 11.3 Å². The number of carbonyl (C=O) groups excluding carboxylic acids is 1. The highest BCUT2D eigenvalue weighted by Gasteiger charge is 2.19. The van der Waals surface area contributed by atoms with E-state index in [1.54, 1.807) is 7.11 Å². The molecule has 0 saturated heterocycles. The van der Waals surface area contributed by atoms with Gasteiger partial charge in [-0.1, -0.05) is 0 Å². The molecule has 120 valence electrons. The molecule has 0 fully saturated rings. The fourth-order valence-corrected chi connectivity index (χ4v) is 2.84. The Morgan fingerprint density at radius 2 is 2.18 bits per heavy atom. The molecule has 2 amide bonds. The van der Waals surface area contributed by atoms with Gasteiger partial charge in [0.05, 0.1) is 12.6 Å². The Morgan fingerprint density at radius 3 is 2.73 bits per heavy atom. The number of thiazole rings is 1. The number of hydrogen-bond acceptors (Lipinski definition) is 5. The van der Waals surface area contributed by atoms with Gasteiger partial charge in [-0.15, -0.1) is 11.3 Å². The van der Waals surface area contributed by atoms with Crippen LogP contribution < -0.4 is 10.6 Å². The Kier molecular flexibility index (Phi) is 5.57. The van der Waals surface area contributed by atoms with E-state index in [-0.39, 0.29) is 18.1 Å². The fraction of sp³-hybridized carbons (Fsp3) is 0.467. The minimum Gasteiger partial charge on any atom is -0.464 e. The number of methoxy groups -OCH3 is 1. The second kappa shape index (κ2) is 7.42. The lowest BCUT2D eigenvalue weighted by molar-refractivity contribution is 0.156. The first-order valence-electron chi connectivity index (χ1n) is 7.04. The van der Waals surface area contributed by atoms with Crippen LogP contribution in [0.2, 0.25) is 0 Å². The molecule has 2 unspecified atom stereocenters. The Hall–Kier alpha value is -1.86. The molecule has 22 heavy (non-hydrogen) atoms. The molecular formula is C15H21N3O3S. The van der Waals surface area contributed by atoms with Gasteiger partial charge in [0.1, 0.15) is 22.6 Å². The summed E-state index contributed by atoms with van der Waals surface area (Å²) in [7, 11) is 1.59. The second-order valence-corrected chi connectivity index (χ2v) is 6.01. The summed E-state index contributed by atoms with van der Waals surface area (Å²) in [4.78, 5) is 16.5. The van der Waals surface area contributed by atoms with Crippen molar-refractivity contribution >= 4 is 17.4 Å². The zero-order valence-electron chi connectivity index (χ0n) is 13.2. The first-order chi connectivity index (χ1) is 10.5. The topological polar surface area (TPSA) is 76.4 Å². The summed E-state index contributed by atoms with van der Waals surface area (Å²) in [5.74, 6) is 1.47. The van der Waals surface area contributed by atoms with Crippen LogP contribution in [0, 0.1) is 13.8 Å². The predicted octanol–water partition coefficient (Wildman–Crippen LogP) is 3.10. The van der Waals surface area contributed by atoms with Crippen LogP contribution in [0.5, 0.6) is 0 Å². The van der Waals surface area contributed by atoms with Crippen molar-refractivity contribution in [1.29, 1.82) is 0 Å². The molecule has 0 bridgehead atoms. The molecule has 6 nitrogen and oxygen atoms in total. The van der Waals surface area contributed by atoms with Gasteiger partial charge in [0, 0.05) is 18.2 Å². The fourth-order valence-electron chi connectivity index (χ4n) is 2.03. The molecule has 2 heterocycles. The zero-order valence-corrected chi connectivity index (χ0v) is 14.0. The lowest BCUT2D eigenvalue weighted by atomic mass is 10.2. The van der Waals surface area contributed by atoms with E-state index in [0.717, 1.165) is 16.5 Å². The van der Waals surface area contributed by atoms with Crippen LogP contribution in [-0.2, 0) is 4.74 Å². The van der Waals surface area contributed by atoms with Crippen molar-refractivity contribution in [1.82, 2.24) is 15.6 Å². The lowest BCUT2D eigenvalue weighted by Gasteiger charge is -2.18. The van der Waals surface area contributed by atoms with Crippen molar-refractivity contribution in [2.75, 3.05) is 13.7 Å². The molecule has 0 aromatic carbocycles. The second-order valence-electron chi connectivity index (χ2n) is 5.12. The zero-order chi connectivity index (χ0) is 16.1. The van der Waals surface area contributed by atoms with Gasteiger partial charge >= 0.3 is 6.03 Å². The Labute approximate surface area is 133 Å². The standard InChI is InChI=1S/C15H21N3O3S/c1-9-8-22-14(16-9)11(3)17-15(19)18-12(7-20-4)13-6-5-10(2)21-13/h5-6,8,11-12H,7H2,1-4H3,(H2,17,18,19). The average Bonchev–Trinajstić information content (AvgIpc) is 3.07. The van der Waals surface area contributed by atoms with Crippen molar-refractivity contribution in [3.05, 3.63) is 39.7 Å². The van der Waals surface area contributed by atoms with Crippen LogP contribution in [0.15, 0.2) is 21.9 Å². The van der Waals surface area contributed by atoms with Gasteiger partial charge in [-0.05, 0) is 32.9 Å². The Bertz CT molecular complexity index is 623. The predicted molar refractivity (Wildman–Crippen MR) is 85.0 cm³/mol. The number of urea groups is 1. The number of furan rings is 1. The first kappa shape index (κ1) is 16.5. The van der Waals surface area contributed by atoms with Crippen LogP contribution in [-0.4, -0.2) is 24.7 Å². The van der Waals surface area contributed by atoms with Gasteiger partial charge in [0.15, 0.2) is 0 Å². The third-order valence-corrected chi connectivity index (χ3v) is 4.24. The largest absolute Gasteiger partial charge is 0.464 e. The SMILES string of the molecule is COCC(NC(=O)NC(C)c1nc(C)cs1)c1ccc(C)o1. The van der Waals surface area contributed by atoms with Crippen LogP contribution in [0.1, 0.15) is 41.2 Å². The van der Waals surface area contributed by atoms with Crippen molar-refractivity contribution in [2.24, 2.45) is 0 Å². The lowest BCUT2D eigenvalue weighted by Crippen LogP contribution is -2.40. The maximum absolute atomic E-state index is 12.2. The molecule has 0 aliphatic carbocycles. The summed E-state index contributed by atoms with van der Waals surface area (Å²) < 4.78 is 10.7. The molecule has 2 rings (SSSR count). The van der Waals surface area contributed by atoms with Crippen LogP contribution in [0.3, 0.4) is 0 Å². The van der Waals surface area contributed by atoms with E-state index in [0.29, 0.717) is 12.4 Å². The molecule has 7 heteroatoms. The van der Waals surface area contributed by atoms with Gasteiger partial charge in [0.25, 0.3) is 0 Å². The maximum Gasteiger partial charge on any atom is 0.316 e. The van der Waals surface area contributed by atoms with E-state index in [2.05, 4.69) is 15.6 Å². The van der Waals surface area contributed by atoms with Crippen LogP contribution in [0.25, 0.3) is 0 Å². The number of nitrogens with zero attached hydrogens (tertiary/aromatic N) is 1. The summed E-state index contributed by atoms with van der Waals surface area (Å²) in [5.41, 5.74) is 0.956. The van der Waals surface area contributed by atoms with Crippen molar-refractivity contribution in [3.8, 4) is 0 Å². The molecule has 0 spiro atoms. The van der Waals surface area contributed by atoms with E-state index in [1.807, 2.05) is 38.3 Å². The third-order valence-electron chi connectivity index (χ3n) is 3.10. The van der Waals surface area contributed by atoms with Crippen molar-refractivity contribution in [2.45, 2.75) is 32.9 Å². The quantitative estimate of drug-likeness (QED) is 0.856. The van der Waals surface area contributed by atoms with Crippen molar-refractivity contribution in [3.63, 3.8) is 0 Å². The van der Waals surface area contributed by atoms with Gasteiger partial charge in [-0.2, -0.15) is 0 Å². The molecule has 0 aliphatic rings. The van der Waals surface area contributed by atoms with Gasteiger partial charge < -0.3 is 19.8 Å². The van der Waals surface area contributed by atoms with E-state index >= 15 is 0 Å². The highest BCUT2D eigenvalue weighted by molar-refractivity contribution is 7.09. The molecule has 2 aromatic heterocycles. The number of hydrogen-bond donors (Lipinski definition) is 2. The summed E-state index contributed by atoms with van der Waals surface area (Å²) >= 11 is 1.53. The highest BCUT2D eigenvalue weighted by Crippen LogP contribution is 2.19. The molecule has 2 N–H and O–H groups in total. The Balaban J connectivity index is 1.96. The minimum absolute atomic E-state index is 0.153. The van der Waals surface area contributed by atoms with E-state index in [9.17, 15) is 4.79 Å². The summed E-state index contributed by atoms with van der Waals surface area (Å²) in [5, 5.41) is 8.58. The smallest absolute Gasteiger partial charge is 0.316 e. The van der Waals surface area contributed by atoms with Crippen LogP contribution in [0.4, 0.5) is 4.79 Å². The first-order valence-corrected chi connectivity index (χ1v) is 7.92. The third kappa shape index (κ3) is 4.32. The summed E-state index contributed by atoms with van der Waals surface area (Å²) in [6, 6.07) is 2.94. The van der Waals surface area contributed by atoms with E-state index in [4.69, 9.17) is 9.15 Å². The van der Waals surface area contributed by atoms with Gasteiger partial charge in [0.2, 0.25) is 0 Å². The number of ether oxygens (including phenoxy) is 1. The van der Waals surface area contributed by atoms with E-state index in [1.165, 1.54) is 11.3 Å². The number of amides is 2. The Morgan fingerprint density at radius 1 is 1.41 bits per heavy atom. The maximum atomic E-state index is 12.2. The number of carbonyl (C=O) groups is 1.